The molecule has 0 radical (unpaired) electrons. The fourth-order valence-corrected chi connectivity index (χ4v) is 2.75. The second-order valence-corrected chi connectivity index (χ2v) is 5.36. The van der Waals surface area contributed by atoms with E-state index in [9.17, 15) is 9.59 Å². The Morgan fingerprint density at radius 3 is 2.50 bits per heavy atom. The van der Waals surface area contributed by atoms with Crippen molar-refractivity contribution in [3.8, 4) is 0 Å². The van der Waals surface area contributed by atoms with Gasteiger partial charge in [0.15, 0.2) is 0 Å². The van der Waals surface area contributed by atoms with Crippen molar-refractivity contribution in [3.05, 3.63) is 45.0 Å². The van der Waals surface area contributed by atoms with Crippen molar-refractivity contribution in [3.63, 3.8) is 0 Å². The maximum atomic E-state index is 12.2. The average molecular weight is 293 g/mol. The second kappa shape index (κ2) is 5.50. The molecule has 0 saturated heterocycles. The number of hydrogen-bond acceptors (Lipinski definition) is 4. The lowest BCUT2D eigenvalue weighted by Gasteiger charge is -2.15. The summed E-state index contributed by atoms with van der Waals surface area (Å²) in [6.45, 7) is 3.72. The van der Waals surface area contributed by atoms with Gasteiger partial charge >= 0.3 is 5.97 Å². The van der Waals surface area contributed by atoms with Crippen LogP contribution >= 0.6 is 11.3 Å². The van der Waals surface area contributed by atoms with Gasteiger partial charge in [0.05, 0.1) is 12.1 Å². The summed E-state index contributed by atoms with van der Waals surface area (Å²) in [7, 11) is 1.66. The third-order valence-electron chi connectivity index (χ3n) is 3.02. The van der Waals surface area contributed by atoms with Crippen molar-refractivity contribution >= 4 is 23.2 Å². The average Bonchev–Trinajstić information content (AvgIpc) is 2.94. The molecular formula is C14H15NO4S. The van der Waals surface area contributed by atoms with E-state index in [1.54, 1.807) is 14.0 Å². The number of carboxylic acid groups (broad SMARTS) is 1. The predicted octanol–water partition coefficient (Wildman–Crippen LogP) is 2.93. The van der Waals surface area contributed by atoms with Gasteiger partial charge in [-0.05, 0) is 30.9 Å². The number of carboxylic acids is 1. The van der Waals surface area contributed by atoms with Gasteiger partial charge in [0.1, 0.15) is 17.1 Å². The number of nitrogens with zero attached hydrogens (tertiary/aromatic N) is 1. The highest BCUT2D eigenvalue weighted by Crippen LogP contribution is 2.19. The fourth-order valence-electron chi connectivity index (χ4n) is 1.92. The molecule has 0 aliphatic rings. The van der Waals surface area contributed by atoms with Crippen molar-refractivity contribution < 1.29 is 19.1 Å². The Kier molecular flexibility index (Phi) is 3.94. The molecule has 1 amide bonds. The Bertz CT molecular complexity index is 656. The molecule has 2 aromatic rings. The van der Waals surface area contributed by atoms with E-state index < -0.39 is 5.97 Å². The van der Waals surface area contributed by atoms with Crippen LogP contribution in [-0.4, -0.2) is 28.9 Å². The number of carbonyl (C=O) groups is 2. The molecule has 0 unspecified atom stereocenters. The van der Waals surface area contributed by atoms with Crippen LogP contribution in [-0.2, 0) is 6.54 Å². The van der Waals surface area contributed by atoms with E-state index >= 15 is 0 Å². The van der Waals surface area contributed by atoms with E-state index in [1.807, 2.05) is 17.7 Å². The minimum absolute atomic E-state index is 0.102. The summed E-state index contributed by atoms with van der Waals surface area (Å²) < 4.78 is 5.37. The zero-order chi connectivity index (χ0) is 14.9. The highest BCUT2D eigenvalue weighted by atomic mass is 32.1. The third-order valence-corrected chi connectivity index (χ3v) is 3.89. The summed E-state index contributed by atoms with van der Waals surface area (Å²) in [5, 5.41) is 12.7. The van der Waals surface area contributed by atoms with Crippen LogP contribution in [0, 0.1) is 13.8 Å². The number of aromatic carboxylic acids is 1. The Hall–Kier alpha value is -2.08. The SMILES string of the molecule is Cc1cscc1C(=O)N(C)Cc1cc(C(=O)O)c(C)o1. The number of thiophene rings is 1. The molecule has 0 spiro atoms. The van der Waals surface area contributed by atoms with Gasteiger partial charge in [0.25, 0.3) is 5.91 Å². The molecule has 106 valence electrons. The van der Waals surface area contributed by atoms with Crippen molar-refractivity contribution in [1.82, 2.24) is 4.90 Å². The fraction of sp³-hybridized carbons (Fsp3) is 0.286. The summed E-state index contributed by atoms with van der Waals surface area (Å²) in [6.07, 6.45) is 0. The number of rotatable bonds is 4. The molecular weight excluding hydrogens is 278 g/mol. The van der Waals surface area contributed by atoms with Crippen LogP contribution in [0.15, 0.2) is 21.2 Å². The van der Waals surface area contributed by atoms with E-state index in [0.29, 0.717) is 17.1 Å². The zero-order valence-corrected chi connectivity index (χ0v) is 12.3. The summed E-state index contributed by atoms with van der Waals surface area (Å²) in [5.74, 6) is -0.321. The van der Waals surface area contributed by atoms with Crippen molar-refractivity contribution in [1.29, 1.82) is 0 Å². The van der Waals surface area contributed by atoms with Crippen molar-refractivity contribution in [2.45, 2.75) is 20.4 Å². The second-order valence-electron chi connectivity index (χ2n) is 4.62. The predicted molar refractivity (Wildman–Crippen MR) is 75.3 cm³/mol. The quantitative estimate of drug-likeness (QED) is 0.941. The first-order chi connectivity index (χ1) is 9.40. The summed E-state index contributed by atoms with van der Waals surface area (Å²) in [4.78, 5) is 24.7. The molecule has 2 aromatic heterocycles. The van der Waals surface area contributed by atoms with E-state index in [-0.39, 0.29) is 18.0 Å². The summed E-state index contributed by atoms with van der Waals surface area (Å²) in [6, 6.07) is 1.46. The normalized spacial score (nSPS) is 10.6. The lowest BCUT2D eigenvalue weighted by atomic mass is 10.2. The van der Waals surface area contributed by atoms with E-state index in [1.165, 1.54) is 22.3 Å². The van der Waals surface area contributed by atoms with Crippen LogP contribution in [0.2, 0.25) is 0 Å². The van der Waals surface area contributed by atoms with Gasteiger partial charge in [-0.25, -0.2) is 4.79 Å². The highest BCUT2D eigenvalue weighted by molar-refractivity contribution is 7.08. The Balaban J connectivity index is 2.14. The minimum Gasteiger partial charge on any atom is -0.478 e. The van der Waals surface area contributed by atoms with Gasteiger partial charge in [-0.15, -0.1) is 0 Å². The van der Waals surface area contributed by atoms with Gasteiger partial charge in [0.2, 0.25) is 0 Å². The van der Waals surface area contributed by atoms with Crippen molar-refractivity contribution in [2.24, 2.45) is 0 Å². The molecule has 20 heavy (non-hydrogen) atoms. The van der Waals surface area contributed by atoms with Crippen LogP contribution < -0.4 is 0 Å². The van der Waals surface area contributed by atoms with Crippen LogP contribution in [0.4, 0.5) is 0 Å². The standard InChI is InChI=1S/C14H15NO4S/c1-8-6-20-7-12(8)13(16)15(3)5-10-4-11(14(17)18)9(2)19-10/h4,6-7H,5H2,1-3H3,(H,17,18). The lowest BCUT2D eigenvalue weighted by Crippen LogP contribution is -2.26. The van der Waals surface area contributed by atoms with Crippen molar-refractivity contribution in [2.75, 3.05) is 7.05 Å². The van der Waals surface area contributed by atoms with E-state index in [4.69, 9.17) is 9.52 Å². The monoisotopic (exact) mass is 293 g/mol. The molecule has 0 aliphatic heterocycles. The van der Waals surface area contributed by atoms with E-state index in [2.05, 4.69) is 0 Å². The van der Waals surface area contributed by atoms with Gasteiger partial charge in [-0.2, -0.15) is 11.3 Å². The van der Waals surface area contributed by atoms with Crippen LogP contribution in [0.5, 0.6) is 0 Å². The molecule has 6 heteroatoms. The van der Waals surface area contributed by atoms with Gasteiger partial charge < -0.3 is 14.4 Å². The first-order valence-electron chi connectivity index (χ1n) is 6.01. The summed E-state index contributed by atoms with van der Waals surface area (Å²) >= 11 is 1.48. The molecule has 0 bridgehead atoms. The third kappa shape index (κ3) is 2.75. The highest BCUT2D eigenvalue weighted by Gasteiger charge is 2.19. The first-order valence-corrected chi connectivity index (χ1v) is 6.95. The lowest BCUT2D eigenvalue weighted by molar-refractivity contribution is 0.0694. The number of aryl methyl sites for hydroxylation is 2. The van der Waals surface area contributed by atoms with Gasteiger partial charge in [0, 0.05) is 12.4 Å². The molecule has 5 nitrogen and oxygen atoms in total. The number of hydrogen-bond donors (Lipinski definition) is 1. The molecule has 0 aliphatic carbocycles. The Labute approximate surface area is 120 Å². The molecule has 0 fully saturated rings. The first kappa shape index (κ1) is 14.3. The molecule has 0 aromatic carbocycles. The Morgan fingerprint density at radius 2 is 2.00 bits per heavy atom. The smallest absolute Gasteiger partial charge is 0.339 e. The maximum Gasteiger partial charge on any atom is 0.339 e. The van der Waals surface area contributed by atoms with Crippen LogP contribution in [0.3, 0.4) is 0 Å². The maximum absolute atomic E-state index is 12.2. The molecule has 0 saturated carbocycles. The molecule has 2 heterocycles. The number of amides is 1. The van der Waals surface area contributed by atoms with Crippen LogP contribution in [0.25, 0.3) is 0 Å². The zero-order valence-electron chi connectivity index (χ0n) is 11.5. The number of carbonyl (C=O) groups excluding carboxylic acids is 1. The van der Waals surface area contributed by atoms with Crippen LogP contribution in [0.1, 0.15) is 37.8 Å². The van der Waals surface area contributed by atoms with Gasteiger partial charge in [-0.1, -0.05) is 0 Å². The summed E-state index contributed by atoms with van der Waals surface area (Å²) in [5.41, 5.74) is 1.74. The number of furan rings is 1. The largest absolute Gasteiger partial charge is 0.478 e. The topological polar surface area (TPSA) is 70.8 Å². The van der Waals surface area contributed by atoms with Gasteiger partial charge in [-0.3, -0.25) is 4.79 Å². The molecule has 0 atom stereocenters. The minimum atomic E-state index is -1.03. The molecule has 2 rings (SSSR count). The Morgan fingerprint density at radius 1 is 1.30 bits per heavy atom. The molecule has 1 N–H and O–H groups in total. The van der Waals surface area contributed by atoms with E-state index in [0.717, 1.165) is 5.56 Å².